The summed E-state index contributed by atoms with van der Waals surface area (Å²) in [5, 5.41) is 9.14. The lowest BCUT2D eigenvalue weighted by Gasteiger charge is -2.22. The normalized spacial score (nSPS) is 19.3. The van der Waals surface area contributed by atoms with Crippen molar-refractivity contribution in [3.05, 3.63) is 41.1 Å². The number of rotatable bonds is 2. The summed E-state index contributed by atoms with van der Waals surface area (Å²) in [5.74, 6) is -0.0147. The Morgan fingerprint density at radius 3 is 2.68 bits per heavy atom. The number of hydrogen-bond acceptors (Lipinski definition) is 3. The van der Waals surface area contributed by atoms with Crippen molar-refractivity contribution in [2.75, 3.05) is 5.32 Å². The van der Waals surface area contributed by atoms with E-state index in [1.54, 1.807) is 31.2 Å². The highest BCUT2D eigenvalue weighted by atomic mass is 35.5. The van der Waals surface area contributed by atoms with Crippen LogP contribution in [0.4, 0.5) is 5.69 Å². The molecule has 0 fully saturated rings. The fourth-order valence-electron chi connectivity index (χ4n) is 1.58. The molecule has 0 aliphatic carbocycles. The summed E-state index contributed by atoms with van der Waals surface area (Å²) in [6, 6.07) is 7.04. The fourth-order valence-corrected chi connectivity index (χ4v) is 1.71. The molecule has 1 amide bonds. The molecule has 1 aliphatic heterocycles. The van der Waals surface area contributed by atoms with Crippen LogP contribution < -0.4 is 21.7 Å². The number of benzene rings is 1. The maximum Gasteiger partial charge on any atom is 0.248 e. The quantitative estimate of drug-likeness (QED) is 0.480. The lowest BCUT2D eigenvalue weighted by Crippen LogP contribution is -2.48. The van der Waals surface area contributed by atoms with Crippen LogP contribution in [0.15, 0.2) is 41.0 Å². The van der Waals surface area contributed by atoms with E-state index in [1.165, 1.54) is 6.08 Å². The number of nitrogens with two attached hydrogens (primary N) is 1. The Kier molecular flexibility index (Phi) is 3.91. The molecule has 1 heterocycles. The molecule has 0 saturated heterocycles. The lowest BCUT2D eigenvalue weighted by molar-refractivity contribution is -0.117. The van der Waals surface area contributed by atoms with E-state index in [4.69, 9.17) is 17.3 Å². The first-order chi connectivity index (χ1) is 9.02. The molecule has 1 atom stereocenters. The second kappa shape index (κ2) is 5.62. The molecule has 0 aromatic heterocycles. The summed E-state index contributed by atoms with van der Waals surface area (Å²) in [7, 11) is 0. The van der Waals surface area contributed by atoms with Crippen LogP contribution in [0.3, 0.4) is 0 Å². The van der Waals surface area contributed by atoms with Gasteiger partial charge in [0.15, 0.2) is 12.2 Å². The van der Waals surface area contributed by atoms with Crippen molar-refractivity contribution in [1.82, 2.24) is 10.6 Å². The summed E-state index contributed by atoms with van der Waals surface area (Å²) in [4.78, 5) is 15.4. The second-order valence-corrected chi connectivity index (χ2v) is 4.47. The van der Waals surface area contributed by atoms with E-state index in [1.807, 2.05) is 0 Å². The van der Waals surface area contributed by atoms with Gasteiger partial charge in [-0.15, -0.1) is 0 Å². The zero-order valence-electron chi connectivity index (χ0n) is 10.3. The molecule has 0 bridgehead atoms. The van der Waals surface area contributed by atoms with Gasteiger partial charge in [0.2, 0.25) is 5.91 Å². The Bertz CT molecular complexity index is 538. The molecule has 0 radical (unpaired) electrons. The van der Waals surface area contributed by atoms with Crippen LogP contribution >= 0.6 is 11.6 Å². The first-order valence-corrected chi connectivity index (χ1v) is 6.02. The summed E-state index contributed by atoms with van der Waals surface area (Å²) in [6.45, 7) is 1.78. The smallest absolute Gasteiger partial charge is 0.248 e. The number of hydrogen-bond donors (Lipinski definition) is 4. The van der Waals surface area contributed by atoms with Crippen molar-refractivity contribution < 1.29 is 4.79 Å². The van der Waals surface area contributed by atoms with Crippen molar-refractivity contribution in [3.8, 4) is 0 Å². The standard InChI is InChI=1S/C12H14ClN5O/c1-7-6-10(19)17-12(15-7)18-11(14)16-9-4-2-8(13)3-5-9/h2-6,12,15H,1H3,(H,17,19)(H3,14,16,18). The van der Waals surface area contributed by atoms with Crippen molar-refractivity contribution in [2.24, 2.45) is 10.7 Å². The Balaban J connectivity index is 2.01. The van der Waals surface area contributed by atoms with Gasteiger partial charge in [-0.1, -0.05) is 11.6 Å². The van der Waals surface area contributed by atoms with Gasteiger partial charge in [-0.25, -0.2) is 4.99 Å². The molecule has 100 valence electrons. The van der Waals surface area contributed by atoms with E-state index in [0.717, 1.165) is 11.4 Å². The van der Waals surface area contributed by atoms with Gasteiger partial charge in [-0.2, -0.15) is 0 Å². The number of guanidine groups is 1. The number of carbonyl (C=O) groups excluding carboxylic acids is 1. The molecule has 1 aromatic carbocycles. The highest BCUT2D eigenvalue weighted by molar-refractivity contribution is 6.30. The van der Waals surface area contributed by atoms with E-state index in [-0.39, 0.29) is 11.9 Å². The van der Waals surface area contributed by atoms with Gasteiger partial charge in [0.05, 0.1) is 0 Å². The predicted octanol–water partition coefficient (Wildman–Crippen LogP) is 0.973. The van der Waals surface area contributed by atoms with Crippen molar-refractivity contribution in [3.63, 3.8) is 0 Å². The van der Waals surface area contributed by atoms with Crippen LogP contribution in [-0.2, 0) is 4.79 Å². The Labute approximate surface area is 115 Å². The van der Waals surface area contributed by atoms with Crippen LogP contribution in [-0.4, -0.2) is 18.2 Å². The van der Waals surface area contributed by atoms with Crippen LogP contribution in [0.2, 0.25) is 5.02 Å². The van der Waals surface area contributed by atoms with Gasteiger partial charge in [-0.3, -0.25) is 4.79 Å². The number of nitrogens with zero attached hydrogens (tertiary/aromatic N) is 1. The molecule has 1 unspecified atom stereocenters. The van der Waals surface area contributed by atoms with Gasteiger partial charge in [-0.05, 0) is 31.2 Å². The maximum absolute atomic E-state index is 11.3. The number of amides is 1. The molecular weight excluding hydrogens is 266 g/mol. The minimum atomic E-state index is -0.572. The molecule has 0 spiro atoms. The molecule has 0 saturated carbocycles. The number of carbonyl (C=O) groups is 1. The molecule has 19 heavy (non-hydrogen) atoms. The van der Waals surface area contributed by atoms with Gasteiger partial charge in [0.1, 0.15) is 0 Å². The minimum absolute atomic E-state index is 0.190. The SMILES string of the molecule is CC1=CC(=O)NC(/N=C(\N)Nc2ccc(Cl)cc2)N1. The topological polar surface area (TPSA) is 91.5 Å². The number of allylic oxidation sites excluding steroid dienone is 1. The van der Waals surface area contributed by atoms with Crippen LogP contribution in [0.25, 0.3) is 0 Å². The predicted molar refractivity (Wildman–Crippen MR) is 75.5 cm³/mol. The van der Waals surface area contributed by atoms with Crippen LogP contribution in [0, 0.1) is 0 Å². The number of halogens is 1. The third kappa shape index (κ3) is 3.89. The maximum atomic E-state index is 11.3. The van der Waals surface area contributed by atoms with Crippen molar-refractivity contribution >= 4 is 29.2 Å². The zero-order chi connectivity index (χ0) is 13.8. The Hall–Kier alpha value is -2.21. The van der Waals surface area contributed by atoms with E-state index in [2.05, 4.69) is 20.9 Å². The monoisotopic (exact) mass is 279 g/mol. The fraction of sp³-hybridized carbons (Fsp3) is 0.167. The molecule has 5 N–H and O–H groups in total. The average Bonchev–Trinajstić information content (AvgIpc) is 2.30. The van der Waals surface area contributed by atoms with Gasteiger partial charge in [0, 0.05) is 22.5 Å². The van der Waals surface area contributed by atoms with Crippen LogP contribution in [0.1, 0.15) is 6.92 Å². The highest BCUT2D eigenvalue weighted by Crippen LogP contribution is 2.13. The molecule has 1 aromatic rings. The third-order valence-electron chi connectivity index (χ3n) is 2.38. The largest absolute Gasteiger partial charge is 0.370 e. The van der Waals surface area contributed by atoms with Crippen molar-refractivity contribution in [2.45, 2.75) is 13.2 Å². The number of nitrogens with one attached hydrogen (secondary N) is 3. The van der Waals surface area contributed by atoms with E-state index in [9.17, 15) is 4.79 Å². The minimum Gasteiger partial charge on any atom is -0.370 e. The summed E-state index contributed by atoms with van der Waals surface area (Å²) >= 11 is 5.78. The lowest BCUT2D eigenvalue weighted by atomic mass is 10.3. The molecule has 1 aliphatic rings. The van der Waals surface area contributed by atoms with Crippen LogP contribution in [0.5, 0.6) is 0 Å². The van der Waals surface area contributed by atoms with Gasteiger partial charge >= 0.3 is 0 Å². The first kappa shape index (κ1) is 13.2. The van der Waals surface area contributed by atoms with Gasteiger partial charge in [0.25, 0.3) is 0 Å². The summed E-state index contributed by atoms with van der Waals surface area (Å²) < 4.78 is 0. The highest BCUT2D eigenvalue weighted by Gasteiger charge is 2.15. The first-order valence-electron chi connectivity index (χ1n) is 5.64. The van der Waals surface area contributed by atoms with E-state index in [0.29, 0.717) is 5.02 Å². The number of aliphatic imine (C=N–C) groups is 1. The Morgan fingerprint density at radius 1 is 1.37 bits per heavy atom. The molecular formula is C12H14ClN5O. The zero-order valence-corrected chi connectivity index (χ0v) is 11.0. The Morgan fingerprint density at radius 2 is 2.05 bits per heavy atom. The molecule has 2 rings (SSSR count). The number of anilines is 1. The second-order valence-electron chi connectivity index (χ2n) is 4.03. The summed E-state index contributed by atoms with van der Waals surface area (Å²) in [6.07, 6.45) is 0.881. The third-order valence-corrected chi connectivity index (χ3v) is 2.63. The average molecular weight is 280 g/mol. The van der Waals surface area contributed by atoms with Gasteiger partial charge < -0.3 is 21.7 Å². The summed E-state index contributed by atoms with van der Waals surface area (Å²) in [5.41, 5.74) is 7.26. The molecule has 7 heteroatoms. The van der Waals surface area contributed by atoms with E-state index < -0.39 is 6.29 Å². The van der Waals surface area contributed by atoms with E-state index >= 15 is 0 Å². The molecule has 6 nitrogen and oxygen atoms in total. The van der Waals surface area contributed by atoms with Crippen molar-refractivity contribution in [1.29, 1.82) is 0 Å².